The van der Waals surface area contributed by atoms with E-state index in [1.165, 1.54) is 0 Å². The number of hydrogen-bond donors (Lipinski definition) is 1. The molecule has 1 N–H and O–H groups in total. The molecule has 6 nitrogen and oxygen atoms in total. The summed E-state index contributed by atoms with van der Waals surface area (Å²) in [5, 5.41) is 11.9. The van der Waals surface area contributed by atoms with Crippen LogP contribution in [0.1, 0.15) is 37.7 Å². The number of nitriles is 1. The number of carbonyl (C=O) groups excluding carboxylic acids is 1. The van der Waals surface area contributed by atoms with Crippen molar-refractivity contribution in [2.24, 2.45) is 0 Å². The molecule has 0 aromatic carbocycles. The van der Waals surface area contributed by atoms with Crippen molar-refractivity contribution in [1.82, 2.24) is 4.90 Å². The summed E-state index contributed by atoms with van der Waals surface area (Å²) in [5.74, 6) is 0.705. The van der Waals surface area contributed by atoms with Crippen molar-refractivity contribution in [3.63, 3.8) is 0 Å². The van der Waals surface area contributed by atoms with E-state index in [-0.39, 0.29) is 23.4 Å². The molecule has 120 valence electrons. The normalized spacial score (nSPS) is 19.5. The summed E-state index contributed by atoms with van der Waals surface area (Å²) < 4.78 is 11.2. The smallest absolute Gasteiger partial charge is 0.243 e. The maximum Gasteiger partial charge on any atom is 0.243 e. The first-order chi connectivity index (χ1) is 10.2. The molecule has 22 heavy (non-hydrogen) atoms. The van der Waals surface area contributed by atoms with Crippen LogP contribution in [0.5, 0.6) is 0 Å². The number of nitrogens with one attached hydrogen (secondary N) is 1. The van der Waals surface area contributed by atoms with Gasteiger partial charge in [0, 0.05) is 18.7 Å². The van der Waals surface area contributed by atoms with Crippen molar-refractivity contribution in [1.29, 1.82) is 5.26 Å². The molecular formula is C16H23N3O3. The Morgan fingerprint density at radius 3 is 2.73 bits per heavy atom. The second-order valence-electron chi connectivity index (χ2n) is 6.34. The number of furan rings is 1. The molecule has 0 bridgehead atoms. The summed E-state index contributed by atoms with van der Waals surface area (Å²) in [6.07, 6.45) is 0. The standard InChI is InChI=1S/C16H23N3O3/c1-10-12(3)22-15(13(10)8-17)18-14(20)11(2)19-6-7-21-16(4,5)9-19/h11H,6-7,9H2,1-5H3,(H,18,20). The summed E-state index contributed by atoms with van der Waals surface area (Å²) in [4.78, 5) is 14.5. The van der Waals surface area contributed by atoms with Gasteiger partial charge in [-0.25, -0.2) is 0 Å². The van der Waals surface area contributed by atoms with Gasteiger partial charge >= 0.3 is 0 Å². The summed E-state index contributed by atoms with van der Waals surface area (Å²) in [7, 11) is 0. The highest BCUT2D eigenvalue weighted by Crippen LogP contribution is 2.26. The fourth-order valence-corrected chi connectivity index (χ4v) is 2.62. The monoisotopic (exact) mass is 305 g/mol. The SMILES string of the molecule is Cc1oc(NC(=O)C(C)N2CCOC(C)(C)C2)c(C#N)c1C. The number of carbonyl (C=O) groups is 1. The van der Waals surface area contributed by atoms with Crippen LogP contribution in [0.2, 0.25) is 0 Å². The lowest BCUT2D eigenvalue weighted by Gasteiger charge is -2.40. The molecule has 1 amide bonds. The molecule has 0 aliphatic carbocycles. The highest BCUT2D eigenvalue weighted by molar-refractivity contribution is 5.94. The minimum Gasteiger partial charge on any atom is -0.444 e. The molecule has 2 heterocycles. The Bertz CT molecular complexity index is 613. The van der Waals surface area contributed by atoms with Crippen molar-refractivity contribution in [2.45, 2.75) is 46.3 Å². The van der Waals surface area contributed by atoms with Crippen LogP contribution in [0, 0.1) is 25.2 Å². The van der Waals surface area contributed by atoms with E-state index < -0.39 is 0 Å². The van der Waals surface area contributed by atoms with Gasteiger partial charge in [0.05, 0.1) is 18.2 Å². The Hall–Kier alpha value is -1.84. The van der Waals surface area contributed by atoms with E-state index in [9.17, 15) is 10.1 Å². The van der Waals surface area contributed by atoms with Crippen LogP contribution in [-0.2, 0) is 9.53 Å². The number of nitrogens with zero attached hydrogens (tertiary/aromatic N) is 2. The van der Waals surface area contributed by atoms with Gasteiger partial charge in [0.2, 0.25) is 11.8 Å². The van der Waals surface area contributed by atoms with E-state index in [4.69, 9.17) is 9.15 Å². The average Bonchev–Trinajstić information content (AvgIpc) is 2.71. The van der Waals surface area contributed by atoms with Gasteiger partial charge in [-0.05, 0) is 34.6 Å². The van der Waals surface area contributed by atoms with E-state index in [0.717, 1.165) is 5.56 Å². The third kappa shape index (κ3) is 3.32. The van der Waals surface area contributed by atoms with Crippen LogP contribution in [0.3, 0.4) is 0 Å². The summed E-state index contributed by atoms with van der Waals surface area (Å²) in [6, 6.07) is 1.76. The van der Waals surface area contributed by atoms with Crippen molar-refractivity contribution in [3.8, 4) is 6.07 Å². The molecule has 0 saturated carbocycles. The molecule has 1 unspecified atom stereocenters. The zero-order chi connectivity index (χ0) is 16.5. The lowest BCUT2D eigenvalue weighted by molar-refractivity contribution is -0.129. The molecule has 6 heteroatoms. The first kappa shape index (κ1) is 16.5. The first-order valence-electron chi connectivity index (χ1n) is 7.44. The zero-order valence-corrected chi connectivity index (χ0v) is 13.8. The minimum atomic E-state index is -0.319. The average molecular weight is 305 g/mol. The van der Waals surface area contributed by atoms with Gasteiger partial charge < -0.3 is 9.15 Å². The maximum absolute atomic E-state index is 12.4. The predicted molar refractivity (Wildman–Crippen MR) is 82.6 cm³/mol. The number of rotatable bonds is 3. The Kier molecular flexibility index (Phi) is 4.59. The number of ether oxygens (including phenoxy) is 1. The fourth-order valence-electron chi connectivity index (χ4n) is 2.62. The lowest BCUT2D eigenvalue weighted by atomic mass is 10.1. The Morgan fingerprint density at radius 2 is 2.14 bits per heavy atom. The van der Waals surface area contributed by atoms with Crippen LogP contribution in [0.4, 0.5) is 5.88 Å². The number of anilines is 1. The van der Waals surface area contributed by atoms with Crippen LogP contribution in [0.15, 0.2) is 4.42 Å². The van der Waals surface area contributed by atoms with Crippen molar-refractivity contribution in [3.05, 3.63) is 16.9 Å². The topological polar surface area (TPSA) is 78.5 Å². The molecular weight excluding hydrogens is 282 g/mol. The highest BCUT2D eigenvalue weighted by Gasteiger charge is 2.32. The van der Waals surface area contributed by atoms with Crippen LogP contribution in [-0.4, -0.2) is 42.1 Å². The quantitative estimate of drug-likeness (QED) is 0.926. The van der Waals surface area contributed by atoms with E-state index >= 15 is 0 Å². The van der Waals surface area contributed by atoms with E-state index in [0.29, 0.717) is 31.0 Å². The molecule has 1 aromatic rings. The summed E-state index contributed by atoms with van der Waals surface area (Å²) >= 11 is 0. The second kappa shape index (κ2) is 6.11. The lowest BCUT2D eigenvalue weighted by Crippen LogP contribution is -2.54. The third-order valence-electron chi connectivity index (χ3n) is 4.12. The maximum atomic E-state index is 12.4. The molecule has 1 fully saturated rings. The Balaban J connectivity index is 2.09. The van der Waals surface area contributed by atoms with Crippen LogP contribution >= 0.6 is 0 Å². The van der Waals surface area contributed by atoms with Gasteiger partial charge in [-0.1, -0.05) is 0 Å². The van der Waals surface area contributed by atoms with Crippen LogP contribution < -0.4 is 5.32 Å². The van der Waals surface area contributed by atoms with E-state index in [2.05, 4.69) is 16.3 Å². The van der Waals surface area contributed by atoms with Crippen molar-refractivity contribution < 1.29 is 13.9 Å². The fraction of sp³-hybridized carbons (Fsp3) is 0.625. The molecule has 0 spiro atoms. The van der Waals surface area contributed by atoms with Crippen molar-refractivity contribution >= 4 is 11.8 Å². The molecule has 0 radical (unpaired) electrons. The van der Waals surface area contributed by atoms with Crippen LogP contribution in [0.25, 0.3) is 0 Å². The third-order valence-corrected chi connectivity index (χ3v) is 4.12. The molecule has 2 rings (SSSR count). The number of aryl methyl sites for hydroxylation is 1. The summed E-state index contributed by atoms with van der Waals surface area (Å²) in [5.41, 5.74) is 0.890. The molecule has 1 atom stereocenters. The Morgan fingerprint density at radius 1 is 1.45 bits per heavy atom. The second-order valence-corrected chi connectivity index (χ2v) is 6.34. The van der Waals surface area contributed by atoms with Gasteiger partial charge in [0.15, 0.2) is 0 Å². The largest absolute Gasteiger partial charge is 0.444 e. The molecule has 1 aliphatic rings. The van der Waals surface area contributed by atoms with Gasteiger partial charge in [-0.2, -0.15) is 5.26 Å². The van der Waals surface area contributed by atoms with Gasteiger partial charge in [-0.15, -0.1) is 0 Å². The van der Waals surface area contributed by atoms with E-state index in [1.54, 1.807) is 13.8 Å². The zero-order valence-electron chi connectivity index (χ0n) is 13.8. The van der Waals surface area contributed by atoms with E-state index in [1.807, 2.05) is 20.8 Å². The molecule has 1 aromatic heterocycles. The minimum absolute atomic E-state index is 0.178. The molecule has 1 aliphatic heterocycles. The number of amides is 1. The van der Waals surface area contributed by atoms with Crippen molar-refractivity contribution in [2.75, 3.05) is 25.0 Å². The highest BCUT2D eigenvalue weighted by atomic mass is 16.5. The Labute approximate surface area is 131 Å². The number of morpholine rings is 1. The predicted octanol–water partition coefficient (Wildman–Crippen LogP) is 2.21. The molecule has 1 saturated heterocycles. The summed E-state index contributed by atoms with van der Waals surface area (Å²) in [6.45, 7) is 11.5. The number of hydrogen-bond acceptors (Lipinski definition) is 5. The first-order valence-corrected chi connectivity index (χ1v) is 7.44. The van der Waals surface area contributed by atoms with Gasteiger partial charge in [-0.3, -0.25) is 15.0 Å². The van der Waals surface area contributed by atoms with Gasteiger partial charge in [0.1, 0.15) is 17.4 Å². The van der Waals surface area contributed by atoms with Gasteiger partial charge in [0.25, 0.3) is 0 Å².